The maximum Gasteiger partial charge on any atom is 0.338 e. The molecule has 1 heterocycles. The molecule has 144 valence electrons. The van der Waals surface area contributed by atoms with Gasteiger partial charge < -0.3 is 18.7 Å². The number of hydrogen-bond donors (Lipinski definition) is 0. The van der Waals surface area contributed by atoms with E-state index in [4.69, 9.17) is 18.7 Å². The summed E-state index contributed by atoms with van der Waals surface area (Å²) in [4.78, 5) is 22.3. The molecule has 0 radical (unpaired) electrons. The Morgan fingerprint density at radius 3 is 2.61 bits per heavy atom. The lowest BCUT2D eigenvalue weighted by molar-refractivity contribution is -0.384. The number of carbonyl (C=O) groups is 1. The molecule has 0 N–H and O–H groups in total. The second-order valence-corrected chi connectivity index (χ2v) is 5.64. The van der Waals surface area contributed by atoms with Gasteiger partial charge in [-0.3, -0.25) is 10.1 Å². The molecule has 9 heteroatoms. The maximum atomic E-state index is 12.1. The average molecular weight is 384 g/mol. The lowest BCUT2D eigenvalue weighted by atomic mass is 10.1. The van der Waals surface area contributed by atoms with Crippen LogP contribution in [0.4, 0.5) is 5.69 Å². The highest BCUT2D eigenvalue weighted by Gasteiger charge is 2.15. The van der Waals surface area contributed by atoms with Crippen molar-refractivity contribution in [2.24, 2.45) is 0 Å². The summed E-state index contributed by atoms with van der Waals surface area (Å²) >= 11 is 0. The standard InChI is InChI=1S/C19H16N2O7/c1-25-16-7-6-12(9-18(16)26-2)17-10-14(20-28-17)11-27-19(22)13-4-3-5-15(8-13)21(23)24/h3-10H,11H2,1-2H3. The Balaban J connectivity index is 1.69. The molecule has 2 aromatic carbocycles. The van der Waals surface area contributed by atoms with Gasteiger partial charge in [0.2, 0.25) is 0 Å². The van der Waals surface area contributed by atoms with Crippen LogP contribution in [0.2, 0.25) is 0 Å². The molecule has 0 saturated heterocycles. The van der Waals surface area contributed by atoms with Gasteiger partial charge in [0.15, 0.2) is 17.3 Å². The van der Waals surface area contributed by atoms with Crippen LogP contribution in [0, 0.1) is 10.1 Å². The van der Waals surface area contributed by atoms with E-state index in [1.807, 2.05) is 0 Å². The lowest BCUT2D eigenvalue weighted by Gasteiger charge is -2.07. The summed E-state index contributed by atoms with van der Waals surface area (Å²) in [5.74, 6) is 0.883. The van der Waals surface area contributed by atoms with Crippen LogP contribution in [0.1, 0.15) is 16.1 Å². The molecule has 3 rings (SSSR count). The van der Waals surface area contributed by atoms with Crippen molar-refractivity contribution in [3.05, 3.63) is 69.9 Å². The van der Waals surface area contributed by atoms with Crippen LogP contribution in [-0.4, -0.2) is 30.3 Å². The van der Waals surface area contributed by atoms with Crippen LogP contribution in [-0.2, 0) is 11.3 Å². The second-order valence-electron chi connectivity index (χ2n) is 5.64. The van der Waals surface area contributed by atoms with Crippen molar-refractivity contribution in [2.45, 2.75) is 6.61 Å². The van der Waals surface area contributed by atoms with Gasteiger partial charge in [-0.25, -0.2) is 4.79 Å². The largest absolute Gasteiger partial charge is 0.493 e. The van der Waals surface area contributed by atoms with E-state index < -0.39 is 10.9 Å². The number of esters is 1. The molecule has 0 aliphatic heterocycles. The summed E-state index contributed by atoms with van der Waals surface area (Å²) in [6, 6.07) is 12.2. The van der Waals surface area contributed by atoms with Gasteiger partial charge in [0, 0.05) is 23.8 Å². The molecule has 0 unspecified atom stereocenters. The van der Waals surface area contributed by atoms with Crippen molar-refractivity contribution in [1.82, 2.24) is 5.16 Å². The molecule has 3 aromatic rings. The molecule has 28 heavy (non-hydrogen) atoms. The number of methoxy groups -OCH3 is 2. The van der Waals surface area contributed by atoms with Crippen LogP contribution in [0.25, 0.3) is 11.3 Å². The molecular formula is C19H16N2O7. The van der Waals surface area contributed by atoms with Crippen LogP contribution in [0.3, 0.4) is 0 Å². The van der Waals surface area contributed by atoms with Gasteiger partial charge in [0.25, 0.3) is 5.69 Å². The number of benzene rings is 2. The SMILES string of the molecule is COc1ccc(-c2cc(COC(=O)c3cccc([N+](=O)[O-])c3)no2)cc1OC. The fraction of sp³-hybridized carbons (Fsp3) is 0.158. The van der Waals surface area contributed by atoms with E-state index in [1.165, 1.54) is 25.3 Å². The fourth-order valence-corrected chi connectivity index (χ4v) is 2.47. The Bertz CT molecular complexity index is 1010. The minimum Gasteiger partial charge on any atom is -0.493 e. The number of carbonyl (C=O) groups excluding carboxylic acids is 1. The van der Waals surface area contributed by atoms with Crippen LogP contribution < -0.4 is 9.47 Å². The van der Waals surface area contributed by atoms with Crippen molar-refractivity contribution in [3.63, 3.8) is 0 Å². The zero-order chi connectivity index (χ0) is 20.1. The summed E-state index contributed by atoms with van der Waals surface area (Å²) in [5.41, 5.74) is 0.995. The number of aromatic nitrogens is 1. The number of rotatable bonds is 7. The number of nitro groups is 1. The molecule has 0 aliphatic rings. The first-order valence-corrected chi connectivity index (χ1v) is 8.11. The molecule has 0 spiro atoms. The maximum absolute atomic E-state index is 12.1. The number of non-ortho nitro benzene ring substituents is 1. The molecule has 0 bridgehead atoms. The quantitative estimate of drug-likeness (QED) is 0.345. The molecule has 0 aliphatic carbocycles. The van der Waals surface area contributed by atoms with Gasteiger partial charge in [0.1, 0.15) is 12.3 Å². The van der Waals surface area contributed by atoms with Crippen molar-refractivity contribution in [3.8, 4) is 22.8 Å². The summed E-state index contributed by atoms with van der Waals surface area (Å²) in [6.07, 6.45) is 0. The first-order chi connectivity index (χ1) is 13.5. The Kier molecular flexibility index (Phi) is 5.54. The summed E-state index contributed by atoms with van der Waals surface area (Å²) < 4.78 is 20.9. The number of nitro benzene ring substituents is 1. The third-order valence-corrected chi connectivity index (χ3v) is 3.87. The van der Waals surface area contributed by atoms with Gasteiger partial charge in [-0.05, 0) is 24.3 Å². The molecule has 1 aromatic heterocycles. The third kappa shape index (κ3) is 4.09. The van der Waals surface area contributed by atoms with Crippen molar-refractivity contribution < 1.29 is 28.5 Å². The Morgan fingerprint density at radius 2 is 1.89 bits per heavy atom. The first-order valence-electron chi connectivity index (χ1n) is 8.11. The summed E-state index contributed by atoms with van der Waals surface area (Å²) in [6.45, 7) is -0.141. The van der Waals surface area contributed by atoms with E-state index in [-0.39, 0.29) is 17.9 Å². The second kappa shape index (κ2) is 8.21. The molecule has 0 saturated carbocycles. The third-order valence-electron chi connectivity index (χ3n) is 3.87. The highest BCUT2D eigenvalue weighted by atomic mass is 16.6. The first kappa shape index (κ1) is 18.9. The normalized spacial score (nSPS) is 10.4. The Morgan fingerprint density at radius 1 is 1.11 bits per heavy atom. The number of ether oxygens (including phenoxy) is 3. The minimum atomic E-state index is -0.695. The van der Waals surface area contributed by atoms with E-state index >= 15 is 0 Å². The molecule has 0 fully saturated rings. The average Bonchev–Trinajstić information content (AvgIpc) is 3.20. The summed E-state index contributed by atoms with van der Waals surface area (Å²) in [7, 11) is 3.07. The predicted molar refractivity (Wildman–Crippen MR) is 97.3 cm³/mol. The summed E-state index contributed by atoms with van der Waals surface area (Å²) in [5, 5.41) is 14.7. The molecule has 0 atom stereocenters. The predicted octanol–water partition coefficient (Wildman–Crippen LogP) is 3.62. The van der Waals surface area contributed by atoms with Crippen molar-refractivity contribution in [2.75, 3.05) is 14.2 Å². The van der Waals surface area contributed by atoms with Crippen molar-refractivity contribution in [1.29, 1.82) is 0 Å². The van der Waals surface area contributed by atoms with Gasteiger partial charge >= 0.3 is 5.97 Å². The Labute approximate surface area is 159 Å². The van der Waals surface area contributed by atoms with Gasteiger partial charge in [-0.1, -0.05) is 11.2 Å². The lowest BCUT2D eigenvalue weighted by Crippen LogP contribution is -2.05. The Hall–Kier alpha value is -3.88. The minimum absolute atomic E-state index is 0.0813. The number of nitrogens with zero attached hydrogens (tertiary/aromatic N) is 2. The van der Waals surface area contributed by atoms with Gasteiger partial charge in [-0.15, -0.1) is 0 Å². The van der Waals surface area contributed by atoms with E-state index in [2.05, 4.69) is 5.16 Å². The van der Waals surface area contributed by atoms with Crippen molar-refractivity contribution >= 4 is 11.7 Å². The van der Waals surface area contributed by atoms with Crippen LogP contribution >= 0.6 is 0 Å². The smallest absolute Gasteiger partial charge is 0.338 e. The number of hydrogen-bond acceptors (Lipinski definition) is 8. The van der Waals surface area contributed by atoms with Crippen LogP contribution in [0.15, 0.2) is 53.1 Å². The monoisotopic (exact) mass is 384 g/mol. The fourth-order valence-electron chi connectivity index (χ4n) is 2.47. The highest BCUT2D eigenvalue weighted by molar-refractivity contribution is 5.90. The molecule has 9 nitrogen and oxygen atoms in total. The highest BCUT2D eigenvalue weighted by Crippen LogP contribution is 2.32. The van der Waals surface area contributed by atoms with Crippen LogP contribution in [0.5, 0.6) is 11.5 Å². The molecule has 0 amide bonds. The van der Waals surface area contributed by atoms with E-state index in [0.29, 0.717) is 28.5 Å². The van der Waals surface area contributed by atoms with Gasteiger partial charge in [-0.2, -0.15) is 0 Å². The van der Waals surface area contributed by atoms with E-state index in [0.717, 1.165) is 6.07 Å². The van der Waals surface area contributed by atoms with E-state index in [9.17, 15) is 14.9 Å². The van der Waals surface area contributed by atoms with Gasteiger partial charge in [0.05, 0.1) is 24.7 Å². The topological polar surface area (TPSA) is 114 Å². The molecular weight excluding hydrogens is 368 g/mol. The van der Waals surface area contributed by atoms with E-state index in [1.54, 1.807) is 31.4 Å². The zero-order valence-corrected chi connectivity index (χ0v) is 15.1. The zero-order valence-electron chi connectivity index (χ0n) is 15.1.